The third kappa shape index (κ3) is 5.11. The van der Waals surface area contributed by atoms with Gasteiger partial charge in [-0.2, -0.15) is 0 Å². The van der Waals surface area contributed by atoms with Crippen LogP contribution >= 0.6 is 15.9 Å². The first-order chi connectivity index (χ1) is 14.0. The maximum Gasteiger partial charge on any atom is 0.310 e. The summed E-state index contributed by atoms with van der Waals surface area (Å²) in [5.74, 6) is -0.113. The molecule has 0 bridgehead atoms. The van der Waals surface area contributed by atoms with E-state index in [1.807, 2.05) is 0 Å². The van der Waals surface area contributed by atoms with E-state index in [1.54, 1.807) is 39.0 Å². The molecule has 0 fully saturated rings. The summed E-state index contributed by atoms with van der Waals surface area (Å²) >= 11 is 3.24. The second-order valence-corrected chi connectivity index (χ2v) is 10.6. The van der Waals surface area contributed by atoms with E-state index in [4.69, 9.17) is 9.47 Å². The van der Waals surface area contributed by atoms with Crippen LogP contribution in [0.15, 0.2) is 46.0 Å². The normalized spacial score (nSPS) is 16.6. The third-order valence-electron chi connectivity index (χ3n) is 4.20. The first-order valence-electron chi connectivity index (χ1n) is 9.25. The highest BCUT2D eigenvalue weighted by Crippen LogP contribution is 2.38. The van der Waals surface area contributed by atoms with Crippen molar-refractivity contribution in [1.29, 1.82) is 0 Å². The Kier molecular flexibility index (Phi) is 6.40. The minimum atomic E-state index is -3.98. The Hall–Kier alpha value is -2.17. The fourth-order valence-corrected chi connectivity index (χ4v) is 5.00. The van der Waals surface area contributed by atoms with Gasteiger partial charge >= 0.3 is 5.97 Å². The van der Waals surface area contributed by atoms with Gasteiger partial charge in [0, 0.05) is 16.9 Å². The quantitative estimate of drug-likeness (QED) is 0.631. The maximum atomic E-state index is 13.3. The van der Waals surface area contributed by atoms with Crippen LogP contribution in [-0.2, 0) is 26.0 Å². The van der Waals surface area contributed by atoms with Crippen LogP contribution in [0.3, 0.4) is 0 Å². The summed E-state index contributed by atoms with van der Waals surface area (Å²) < 4.78 is 39.4. The Morgan fingerprint density at radius 2 is 2.07 bits per heavy atom. The molecule has 10 heteroatoms. The zero-order valence-corrected chi connectivity index (χ0v) is 19.2. The average Bonchev–Trinajstić information content (AvgIpc) is 2.65. The lowest BCUT2D eigenvalue weighted by Crippen LogP contribution is -2.45. The molecule has 1 aromatic heterocycles. The number of ether oxygens (including phenoxy) is 2. The molecule has 0 unspecified atom stereocenters. The zero-order valence-electron chi connectivity index (χ0n) is 16.8. The van der Waals surface area contributed by atoms with Gasteiger partial charge < -0.3 is 14.6 Å². The summed E-state index contributed by atoms with van der Waals surface area (Å²) in [6.45, 7) is 4.92. The molecule has 1 atom stereocenters. The molecular formula is C20H23BrN2O6S. The summed E-state index contributed by atoms with van der Waals surface area (Å²) in [4.78, 5) is 16.1. The van der Waals surface area contributed by atoms with E-state index in [-0.39, 0.29) is 24.5 Å². The second-order valence-electron chi connectivity index (χ2n) is 7.86. The highest BCUT2D eigenvalue weighted by Gasteiger charge is 2.35. The van der Waals surface area contributed by atoms with Crippen molar-refractivity contribution >= 4 is 37.6 Å². The number of aromatic nitrogens is 1. The van der Waals surface area contributed by atoms with Crippen molar-refractivity contribution < 1.29 is 27.8 Å². The zero-order chi connectivity index (χ0) is 22.1. The van der Waals surface area contributed by atoms with Crippen LogP contribution < -0.4 is 9.04 Å². The Bertz CT molecular complexity index is 1050. The highest BCUT2D eigenvalue weighted by molar-refractivity contribution is 9.10. The molecule has 3 rings (SSSR count). The van der Waals surface area contributed by atoms with Gasteiger partial charge in [-0.1, -0.05) is 6.07 Å². The standard InChI is InChI=1S/C20H23BrN2O6S/c1-20(2,3)29-19(25)7-13-4-5-18-17(6-13)23(11-15(12-24)28-18)30(26,27)16-8-14(21)9-22-10-16/h4-6,8-10,15,24H,7,11-12H2,1-3H3/t15-/m1/s1. The summed E-state index contributed by atoms with van der Waals surface area (Å²) in [7, 11) is -3.98. The van der Waals surface area contributed by atoms with Gasteiger partial charge in [0.2, 0.25) is 0 Å². The van der Waals surface area contributed by atoms with E-state index >= 15 is 0 Å². The number of halogens is 1. The Labute approximate surface area is 184 Å². The molecule has 1 aliphatic heterocycles. The van der Waals surface area contributed by atoms with Crippen molar-refractivity contribution in [3.8, 4) is 5.75 Å². The maximum absolute atomic E-state index is 13.3. The number of nitrogens with zero attached hydrogens (tertiary/aromatic N) is 2. The van der Waals surface area contributed by atoms with E-state index in [1.165, 1.54) is 22.8 Å². The minimum absolute atomic E-state index is 0.000963. The van der Waals surface area contributed by atoms with Crippen LogP contribution in [0.5, 0.6) is 5.75 Å². The van der Waals surface area contributed by atoms with Gasteiger partial charge in [0.25, 0.3) is 10.0 Å². The van der Waals surface area contributed by atoms with Gasteiger partial charge in [0.05, 0.1) is 25.3 Å². The number of pyridine rings is 1. The number of fused-ring (bicyclic) bond motifs is 1. The molecule has 8 nitrogen and oxygen atoms in total. The van der Waals surface area contributed by atoms with Crippen LogP contribution in [0.1, 0.15) is 26.3 Å². The second kappa shape index (κ2) is 8.52. The first kappa shape index (κ1) is 22.5. The number of carbonyl (C=O) groups excluding carboxylic acids is 1. The third-order valence-corrected chi connectivity index (χ3v) is 6.37. The SMILES string of the molecule is CC(C)(C)OC(=O)Cc1ccc2c(c1)N(S(=O)(=O)c1cncc(Br)c1)C[C@H](CO)O2. The van der Waals surface area contributed by atoms with Crippen LogP contribution in [0.4, 0.5) is 5.69 Å². The number of benzene rings is 1. The van der Waals surface area contributed by atoms with Gasteiger partial charge in [-0.15, -0.1) is 0 Å². The molecule has 0 saturated heterocycles. The number of esters is 1. The van der Waals surface area contributed by atoms with Gasteiger partial charge in [0.15, 0.2) is 0 Å². The monoisotopic (exact) mass is 498 g/mol. The van der Waals surface area contributed by atoms with Crippen LogP contribution in [0.2, 0.25) is 0 Å². The summed E-state index contributed by atoms with van der Waals surface area (Å²) in [5.41, 5.74) is 0.258. The number of rotatable bonds is 5. The van der Waals surface area contributed by atoms with Crippen molar-refractivity contribution in [2.45, 2.75) is 43.8 Å². The first-order valence-corrected chi connectivity index (χ1v) is 11.5. The number of hydrogen-bond acceptors (Lipinski definition) is 7. The lowest BCUT2D eigenvalue weighted by molar-refractivity contribution is -0.153. The van der Waals surface area contributed by atoms with Gasteiger partial charge in [-0.05, 0) is 60.5 Å². The van der Waals surface area contributed by atoms with E-state index in [2.05, 4.69) is 20.9 Å². The van der Waals surface area contributed by atoms with Crippen molar-refractivity contribution in [2.75, 3.05) is 17.5 Å². The number of anilines is 1. The van der Waals surface area contributed by atoms with Gasteiger partial charge in [0.1, 0.15) is 22.4 Å². The van der Waals surface area contributed by atoms with Crippen molar-refractivity contribution in [3.05, 3.63) is 46.7 Å². The molecule has 1 aromatic carbocycles. The lowest BCUT2D eigenvalue weighted by Gasteiger charge is -2.35. The van der Waals surface area contributed by atoms with Crippen molar-refractivity contribution in [2.24, 2.45) is 0 Å². The van der Waals surface area contributed by atoms with Crippen molar-refractivity contribution in [1.82, 2.24) is 4.98 Å². The molecular weight excluding hydrogens is 476 g/mol. The molecule has 0 spiro atoms. The average molecular weight is 499 g/mol. The predicted octanol–water partition coefficient (Wildman–Crippen LogP) is 2.68. The van der Waals surface area contributed by atoms with Crippen LogP contribution in [0, 0.1) is 0 Å². The fraction of sp³-hybridized carbons (Fsp3) is 0.400. The summed E-state index contributed by atoms with van der Waals surface area (Å²) in [6.07, 6.45) is 2.01. The van der Waals surface area contributed by atoms with E-state index in [9.17, 15) is 18.3 Å². The Balaban J connectivity index is 1.99. The van der Waals surface area contributed by atoms with Crippen LogP contribution in [0.25, 0.3) is 0 Å². The Morgan fingerprint density at radius 1 is 1.33 bits per heavy atom. The summed E-state index contributed by atoms with van der Waals surface area (Å²) in [5, 5.41) is 9.57. The summed E-state index contributed by atoms with van der Waals surface area (Å²) in [6, 6.07) is 6.32. The molecule has 30 heavy (non-hydrogen) atoms. The molecule has 0 radical (unpaired) electrons. The van der Waals surface area contributed by atoms with E-state index in [0.717, 1.165) is 0 Å². The number of sulfonamides is 1. The molecule has 0 aliphatic carbocycles. The van der Waals surface area contributed by atoms with Crippen molar-refractivity contribution in [3.63, 3.8) is 0 Å². The molecule has 1 N–H and O–H groups in total. The smallest absolute Gasteiger partial charge is 0.310 e. The number of aliphatic hydroxyl groups excluding tert-OH is 1. The lowest BCUT2D eigenvalue weighted by atomic mass is 10.1. The minimum Gasteiger partial charge on any atom is -0.484 e. The van der Waals surface area contributed by atoms with Gasteiger partial charge in [-0.3, -0.25) is 14.1 Å². The highest BCUT2D eigenvalue weighted by atomic mass is 79.9. The van der Waals surface area contributed by atoms with Gasteiger partial charge in [-0.25, -0.2) is 8.42 Å². The topological polar surface area (TPSA) is 106 Å². The van der Waals surface area contributed by atoms with E-state index in [0.29, 0.717) is 21.5 Å². The molecule has 2 heterocycles. The van der Waals surface area contributed by atoms with Crippen LogP contribution in [-0.4, -0.2) is 49.3 Å². The molecule has 0 amide bonds. The number of aliphatic hydroxyl groups is 1. The van der Waals surface area contributed by atoms with E-state index < -0.39 is 27.7 Å². The molecule has 1 aliphatic rings. The fourth-order valence-electron chi connectivity index (χ4n) is 3.00. The largest absolute Gasteiger partial charge is 0.484 e. The molecule has 0 saturated carbocycles. The molecule has 2 aromatic rings. The Morgan fingerprint density at radius 3 is 2.70 bits per heavy atom. The number of hydrogen-bond donors (Lipinski definition) is 1. The predicted molar refractivity (Wildman–Crippen MR) is 114 cm³/mol. The number of carbonyl (C=O) groups is 1. The molecule has 162 valence electrons.